The van der Waals surface area contributed by atoms with Crippen molar-refractivity contribution >= 4 is 11.6 Å². The van der Waals surface area contributed by atoms with E-state index in [1.165, 1.54) is 6.39 Å². The van der Waals surface area contributed by atoms with Crippen LogP contribution in [0.4, 0.5) is 5.69 Å². The van der Waals surface area contributed by atoms with Crippen molar-refractivity contribution in [2.24, 2.45) is 0 Å². The topological polar surface area (TPSA) is 94.0 Å². The van der Waals surface area contributed by atoms with E-state index in [1.807, 2.05) is 0 Å². The van der Waals surface area contributed by atoms with Crippen molar-refractivity contribution in [2.75, 3.05) is 12.3 Å². The highest BCUT2D eigenvalue weighted by atomic mass is 16.5. The number of aromatic nitrogens is 2. The monoisotopic (exact) mass is 232 g/mol. The lowest BCUT2D eigenvalue weighted by molar-refractivity contribution is 0.0954. The minimum absolute atomic E-state index is 0.166. The summed E-state index contributed by atoms with van der Waals surface area (Å²) in [7, 11) is 0. The van der Waals surface area contributed by atoms with E-state index in [0.717, 1.165) is 0 Å². The summed E-state index contributed by atoms with van der Waals surface area (Å²) in [5.74, 6) is 0.402. The van der Waals surface area contributed by atoms with Gasteiger partial charge >= 0.3 is 0 Å². The van der Waals surface area contributed by atoms with Gasteiger partial charge in [-0.05, 0) is 18.2 Å². The second kappa shape index (κ2) is 5.11. The quantitative estimate of drug-likeness (QED) is 0.754. The lowest BCUT2D eigenvalue weighted by Crippen LogP contribution is -2.25. The number of carbonyl (C=O) groups excluding carboxylic acids is 1. The molecule has 1 heterocycles. The summed E-state index contributed by atoms with van der Waals surface area (Å²) in [5.41, 5.74) is 6.70. The molecule has 0 saturated carbocycles. The number of anilines is 1. The summed E-state index contributed by atoms with van der Waals surface area (Å²) < 4.78 is 4.58. The van der Waals surface area contributed by atoms with Gasteiger partial charge < -0.3 is 15.6 Å². The summed E-state index contributed by atoms with van der Waals surface area (Å²) in [6.07, 6.45) is 1.79. The normalized spacial score (nSPS) is 10.1. The maximum absolute atomic E-state index is 11.7. The third-order valence-electron chi connectivity index (χ3n) is 2.19. The number of nitrogens with zero attached hydrogens (tertiary/aromatic N) is 2. The van der Waals surface area contributed by atoms with Crippen LogP contribution < -0.4 is 11.1 Å². The fourth-order valence-electron chi connectivity index (χ4n) is 1.37. The number of amides is 1. The summed E-state index contributed by atoms with van der Waals surface area (Å²) >= 11 is 0. The van der Waals surface area contributed by atoms with Crippen LogP contribution in [-0.2, 0) is 6.42 Å². The van der Waals surface area contributed by atoms with Crippen molar-refractivity contribution in [3.63, 3.8) is 0 Å². The van der Waals surface area contributed by atoms with Crippen molar-refractivity contribution in [1.82, 2.24) is 15.5 Å². The highest BCUT2D eigenvalue weighted by Crippen LogP contribution is 2.05. The molecule has 0 saturated heterocycles. The molecule has 2 aromatic rings. The molecule has 0 bridgehead atoms. The average molecular weight is 232 g/mol. The number of nitrogens with one attached hydrogen (secondary N) is 1. The fourth-order valence-corrected chi connectivity index (χ4v) is 1.37. The van der Waals surface area contributed by atoms with Gasteiger partial charge in [-0.15, -0.1) is 0 Å². The van der Waals surface area contributed by atoms with E-state index in [1.54, 1.807) is 24.3 Å². The van der Waals surface area contributed by atoms with Crippen LogP contribution in [-0.4, -0.2) is 22.6 Å². The molecule has 2 rings (SSSR count). The number of rotatable bonds is 4. The molecule has 0 unspecified atom stereocenters. The number of carbonyl (C=O) groups is 1. The molecule has 0 atom stereocenters. The molecular formula is C11H12N4O2. The Morgan fingerprint density at radius 1 is 1.47 bits per heavy atom. The molecule has 1 aromatic carbocycles. The molecule has 88 valence electrons. The van der Waals surface area contributed by atoms with E-state index in [9.17, 15) is 4.79 Å². The Kier molecular flexibility index (Phi) is 3.34. The maximum atomic E-state index is 11.7. The average Bonchev–Trinajstić information content (AvgIpc) is 2.82. The van der Waals surface area contributed by atoms with Gasteiger partial charge in [-0.25, -0.2) is 0 Å². The summed E-state index contributed by atoms with van der Waals surface area (Å²) in [4.78, 5) is 15.5. The van der Waals surface area contributed by atoms with Crippen LogP contribution in [0.5, 0.6) is 0 Å². The van der Waals surface area contributed by atoms with E-state index >= 15 is 0 Å². The third kappa shape index (κ3) is 3.04. The molecule has 6 nitrogen and oxygen atoms in total. The molecule has 0 radical (unpaired) electrons. The van der Waals surface area contributed by atoms with Crippen molar-refractivity contribution < 1.29 is 9.32 Å². The molecule has 0 aliphatic rings. The van der Waals surface area contributed by atoms with E-state index in [2.05, 4.69) is 20.0 Å². The largest absolute Gasteiger partial charge is 0.399 e. The molecule has 0 fully saturated rings. The van der Waals surface area contributed by atoms with Gasteiger partial charge in [-0.3, -0.25) is 4.79 Å². The molecule has 0 spiro atoms. The summed E-state index contributed by atoms with van der Waals surface area (Å²) in [5, 5.41) is 6.39. The molecule has 6 heteroatoms. The van der Waals surface area contributed by atoms with Crippen LogP contribution >= 0.6 is 0 Å². The van der Waals surface area contributed by atoms with Crippen LogP contribution in [0.15, 0.2) is 35.2 Å². The van der Waals surface area contributed by atoms with E-state index in [0.29, 0.717) is 30.0 Å². The predicted octanol–water partition coefficient (Wildman–Crippen LogP) is 0.624. The molecule has 1 amide bonds. The van der Waals surface area contributed by atoms with Crippen LogP contribution in [0, 0.1) is 0 Å². The number of hydrogen-bond acceptors (Lipinski definition) is 5. The fraction of sp³-hybridized carbons (Fsp3) is 0.182. The molecule has 1 aromatic heterocycles. The van der Waals surface area contributed by atoms with E-state index < -0.39 is 0 Å². The maximum Gasteiger partial charge on any atom is 0.251 e. The van der Waals surface area contributed by atoms with Crippen LogP contribution in [0.2, 0.25) is 0 Å². The van der Waals surface area contributed by atoms with Crippen LogP contribution in [0.1, 0.15) is 16.2 Å². The number of benzene rings is 1. The third-order valence-corrected chi connectivity index (χ3v) is 2.19. The number of nitrogens with two attached hydrogens (primary N) is 1. The SMILES string of the molecule is Nc1cccc(C(=O)NCCc2ncon2)c1. The van der Waals surface area contributed by atoms with Gasteiger partial charge in [0.25, 0.3) is 5.91 Å². The Morgan fingerprint density at radius 3 is 3.06 bits per heavy atom. The Labute approximate surface area is 97.8 Å². The molecule has 17 heavy (non-hydrogen) atoms. The lowest BCUT2D eigenvalue weighted by Gasteiger charge is -2.04. The first kappa shape index (κ1) is 11.1. The Morgan fingerprint density at radius 2 is 2.35 bits per heavy atom. The smallest absolute Gasteiger partial charge is 0.251 e. The van der Waals surface area contributed by atoms with Gasteiger partial charge in [0.1, 0.15) is 0 Å². The van der Waals surface area contributed by atoms with Gasteiger partial charge in [-0.2, -0.15) is 4.98 Å². The van der Waals surface area contributed by atoms with Gasteiger partial charge in [0.15, 0.2) is 5.82 Å². The van der Waals surface area contributed by atoms with Gasteiger partial charge in [-0.1, -0.05) is 11.2 Å². The minimum atomic E-state index is -0.166. The van der Waals surface area contributed by atoms with Crippen molar-refractivity contribution in [1.29, 1.82) is 0 Å². The second-order valence-electron chi connectivity index (χ2n) is 3.48. The van der Waals surface area contributed by atoms with E-state index in [-0.39, 0.29) is 5.91 Å². The summed E-state index contributed by atoms with van der Waals surface area (Å²) in [6.45, 7) is 0.452. The lowest BCUT2D eigenvalue weighted by atomic mass is 10.2. The molecule has 0 aliphatic heterocycles. The van der Waals surface area contributed by atoms with Gasteiger partial charge in [0, 0.05) is 24.2 Å². The highest BCUT2D eigenvalue weighted by Gasteiger charge is 2.05. The first-order chi connectivity index (χ1) is 8.25. The second-order valence-corrected chi connectivity index (χ2v) is 3.48. The van der Waals surface area contributed by atoms with Crippen LogP contribution in [0.3, 0.4) is 0 Å². The Bertz CT molecular complexity index is 496. The first-order valence-corrected chi connectivity index (χ1v) is 5.14. The van der Waals surface area contributed by atoms with Gasteiger partial charge in [0.2, 0.25) is 6.39 Å². The minimum Gasteiger partial charge on any atom is -0.399 e. The van der Waals surface area contributed by atoms with E-state index in [4.69, 9.17) is 5.73 Å². The zero-order chi connectivity index (χ0) is 12.1. The van der Waals surface area contributed by atoms with Crippen molar-refractivity contribution in [3.05, 3.63) is 42.0 Å². The first-order valence-electron chi connectivity index (χ1n) is 5.14. The highest BCUT2D eigenvalue weighted by molar-refractivity contribution is 5.94. The molecule has 3 N–H and O–H groups in total. The zero-order valence-corrected chi connectivity index (χ0v) is 9.09. The van der Waals surface area contributed by atoms with Crippen molar-refractivity contribution in [2.45, 2.75) is 6.42 Å². The van der Waals surface area contributed by atoms with Crippen LogP contribution in [0.25, 0.3) is 0 Å². The Hall–Kier alpha value is -2.37. The zero-order valence-electron chi connectivity index (χ0n) is 9.09. The summed E-state index contributed by atoms with van der Waals surface area (Å²) in [6, 6.07) is 6.81. The number of nitrogen functional groups attached to an aromatic ring is 1. The van der Waals surface area contributed by atoms with Gasteiger partial charge in [0.05, 0.1) is 0 Å². The Balaban J connectivity index is 1.85. The predicted molar refractivity (Wildman–Crippen MR) is 61.2 cm³/mol. The number of hydrogen-bond donors (Lipinski definition) is 2. The van der Waals surface area contributed by atoms with Crippen molar-refractivity contribution in [3.8, 4) is 0 Å². The molecular weight excluding hydrogens is 220 g/mol. The molecule has 0 aliphatic carbocycles. The standard InChI is InChI=1S/C11H12N4O2/c12-9-3-1-2-8(6-9)11(16)13-5-4-10-14-7-17-15-10/h1-3,6-7H,4-5,12H2,(H,13,16).